The van der Waals surface area contributed by atoms with Crippen LogP contribution in [-0.2, 0) is 0 Å². The van der Waals surface area contributed by atoms with Crippen molar-refractivity contribution in [3.05, 3.63) is 77.5 Å². The summed E-state index contributed by atoms with van der Waals surface area (Å²) in [6.45, 7) is -0.786. The number of aromatic amines is 1. The minimum atomic E-state index is -2.64. The van der Waals surface area contributed by atoms with E-state index in [0.717, 1.165) is 5.65 Å². The maximum absolute atomic E-state index is 13.7. The molecule has 4 aromatic heterocycles. The third-order valence-electron chi connectivity index (χ3n) is 5.16. The Bertz CT molecular complexity index is 1510. The predicted molar refractivity (Wildman–Crippen MR) is 116 cm³/mol. The van der Waals surface area contributed by atoms with Crippen LogP contribution < -0.4 is 19.4 Å². The second kappa shape index (κ2) is 8.30. The van der Waals surface area contributed by atoms with E-state index < -0.39 is 13.0 Å². The van der Waals surface area contributed by atoms with Crippen molar-refractivity contribution >= 4 is 16.7 Å². The van der Waals surface area contributed by atoms with E-state index in [1.807, 2.05) is 12.1 Å². The molecule has 166 valence electrons. The van der Waals surface area contributed by atoms with Crippen LogP contribution in [0.15, 0.2) is 71.9 Å². The van der Waals surface area contributed by atoms with E-state index in [9.17, 15) is 13.6 Å². The van der Waals surface area contributed by atoms with E-state index in [4.69, 9.17) is 9.47 Å². The standard InChI is InChI=1S/C23H17F2N5O3/c1-32-17-6-4-16(5-7-17)30-22-14(3-9-21(27-22)33-12-19(24)25)10-18(23(30)31)15-2-8-20-28-26-13-29(20)11-15/h2-11,13,19H,12H2,1H3/p+1. The summed E-state index contributed by atoms with van der Waals surface area (Å²) in [5.41, 5.74) is 2.41. The number of ether oxygens (including phenoxy) is 2. The third-order valence-corrected chi connectivity index (χ3v) is 5.16. The number of H-pyrrole nitrogens is 1. The molecule has 0 unspecified atom stereocenters. The fourth-order valence-electron chi connectivity index (χ4n) is 3.60. The zero-order valence-electron chi connectivity index (χ0n) is 17.4. The van der Waals surface area contributed by atoms with Gasteiger partial charge in [0.25, 0.3) is 24.0 Å². The van der Waals surface area contributed by atoms with Crippen LogP contribution in [0.1, 0.15) is 0 Å². The molecule has 0 atom stereocenters. The van der Waals surface area contributed by atoms with E-state index in [1.54, 1.807) is 60.4 Å². The van der Waals surface area contributed by atoms with Gasteiger partial charge in [-0.3, -0.25) is 9.36 Å². The average Bonchev–Trinajstić information content (AvgIpc) is 3.30. The second-order valence-corrected chi connectivity index (χ2v) is 7.23. The smallest absolute Gasteiger partial charge is 0.272 e. The molecule has 33 heavy (non-hydrogen) atoms. The fourth-order valence-corrected chi connectivity index (χ4v) is 3.60. The molecule has 4 heterocycles. The van der Waals surface area contributed by atoms with Gasteiger partial charge in [-0.1, -0.05) is 0 Å². The van der Waals surface area contributed by atoms with Crippen LogP contribution >= 0.6 is 0 Å². The molecule has 0 aliphatic rings. The van der Waals surface area contributed by atoms with Crippen molar-refractivity contribution < 1.29 is 22.7 Å². The summed E-state index contributed by atoms with van der Waals surface area (Å²) in [5, 5.41) is 7.49. The molecule has 5 rings (SSSR count). The van der Waals surface area contributed by atoms with Crippen LogP contribution in [0.5, 0.6) is 11.6 Å². The fraction of sp³-hybridized carbons (Fsp3) is 0.130. The zero-order chi connectivity index (χ0) is 22.9. The summed E-state index contributed by atoms with van der Waals surface area (Å²) in [6.07, 6.45) is 0.771. The lowest BCUT2D eigenvalue weighted by atomic mass is 10.1. The Morgan fingerprint density at radius 2 is 1.94 bits per heavy atom. The summed E-state index contributed by atoms with van der Waals surface area (Å²) in [5.74, 6) is 0.635. The van der Waals surface area contributed by atoms with Crippen LogP contribution in [0.4, 0.5) is 8.78 Å². The van der Waals surface area contributed by atoms with Gasteiger partial charge in [0.15, 0.2) is 12.3 Å². The van der Waals surface area contributed by atoms with E-state index in [2.05, 4.69) is 15.2 Å². The largest absolute Gasteiger partial charge is 0.497 e. The first-order valence-electron chi connectivity index (χ1n) is 10.0. The van der Waals surface area contributed by atoms with Crippen molar-refractivity contribution in [2.45, 2.75) is 6.43 Å². The molecule has 0 aliphatic carbocycles. The highest BCUT2D eigenvalue weighted by atomic mass is 19.3. The van der Waals surface area contributed by atoms with E-state index >= 15 is 0 Å². The quantitative estimate of drug-likeness (QED) is 0.402. The normalized spacial score (nSPS) is 11.4. The van der Waals surface area contributed by atoms with Crippen molar-refractivity contribution in [2.75, 3.05) is 13.7 Å². The number of benzene rings is 1. The molecule has 0 saturated carbocycles. The van der Waals surface area contributed by atoms with Gasteiger partial charge in [-0.2, -0.15) is 4.98 Å². The van der Waals surface area contributed by atoms with Crippen molar-refractivity contribution in [1.29, 1.82) is 0 Å². The zero-order valence-corrected chi connectivity index (χ0v) is 17.4. The molecule has 0 amide bonds. The number of rotatable bonds is 6. The Kier molecular flexibility index (Phi) is 5.17. The first kappa shape index (κ1) is 20.6. The number of halogens is 2. The molecule has 0 bridgehead atoms. The van der Waals surface area contributed by atoms with Gasteiger partial charge in [0.1, 0.15) is 5.75 Å². The van der Waals surface area contributed by atoms with Crippen molar-refractivity contribution in [2.24, 2.45) is 0 Å². The molecular formula is C23H18F2N5O3+. The third kappa shape index (κ3) is 3.86. The molecular weight excluding hydrogens is 432 g/mol. The topological polar surface area (TPSA) is 86.1 Å². The van der Waals surface area contributed by atoms with Crippen molar-refractivity contribution in [1.82, 2.24) is 19.7 Å². The predicted octanol–water partition coefficient (Wildman–Crippen LogP) is 3.17. The van der Waals surface area contributed by atoms with Crippen LogP contribution in [0.3, 0.4) is 0 Å². The van der Waals surface area contributed by atoms with Gasteiger partial charge in [0, 0.05) is 28.2 Å². The highest BCUT2D eigenvalue weighted by Gasteiger charge is 2.17. The number of fused-ring (bicyclic) bond motifs is 2. The lowest BCUT2D eigenvalue weighted by molar-refractivity contribution is -0.511. The monoisotopic (exact) mass is 450 g/mol. The Hall–Kier alpha value is -4.34. The van der Waals surface area contributed by atoms with Crippen LogP contribution in [-0.4, -0.2) is 39.9 Å². The highest BCUT2D eigenvalue weighted by molar-refractivity contribution is 5.83. The molecule has 0 saturated heterocycles. The molecule has 8 nitrogen and oxygen atoms in total. The molecule has 5 aromatic rings. The number of pyridine rings is 3. The van der Waals surface area contributed by atoms with Gasteiger partial charge in [-0.05, 0) is 42.5 Å². The number of alkyl halides is 2. The van der Waals surface area contributed by atoms with Crippen LogP contribution in [0, 0.1) is 0 Å². The second-order valence-electron chi connectivity index (χ2n) is 7.23. The van der Waals surface area contributed by atoms with Gasteiger partial charge in [-0.15, -0.1) is 5.10 Å². The number of hydrogen-bond donors (Lipinski definition) is 1. The molecule has 0 aliphatic heterocycles. The molecule has 0 radical (unpaired) electrons. The van der Waals surface area contributed by atoms with E-state index in [-0.39, 0.29) is 17.1 Å². The summed E-state index contributed by atoms with van der Waals surface area (Å²) in [7, 11) is 1.55. The highest BCUT2D eigenvalue weighted by Crippen LogP contribution is 2.25. The van der Waals surface area contributed by atoms with Crippen molar-refractivity contribution in [3.63, 3.8) is 0 Å². The molecule has 0 fully saturated rings. The van der Waals surface area contributed by atoms with E-state index in [0.29, 0.717) is 28.0 Å². The SMILES string of the molecule is COc1ccc(-n2c(=O)c(-c3ccc4[nH]nc[n+]4c3)cc3ccc(OCC(F)F)nc32)cc1. The summed E-state index contributed by atoms with van der Waals surface area (Å²) < 4.78 is 38.7. The Labute approximate surface area is 185 Å². The maximum Gasteiger partial charge on any atom is 0.272 e. The molecule has 1 N–H and O–H groups in total. The minimum absolute atomic E-state index is 0.00702. The molecule has 1 aromatic carbocycles. The Morgan fingerprint density at radius 1 is 1.12 bits per heavy atom. The summed E-state index contributed by atoms with van der Waals surface area (Å²) in [4.78, 5) is 18.0. The number of methoxy groups -OCH3 is 1. The first-order valence-corrected chi connectivity index (χ1v) is 10.0. The Balaban J connectivity index is 1.74. The molecule has 0 spiro atoms. The number of aromatic nitrogens is 5. The van der Waals surface area contributed by atoms with Gasteiger partial charge in [0.05, 0.1) is 24.6 Å². The van der Waals surface area contributed by atoms with E-state index in [1.165, 1.54) is 10.6 Å². The summed E-state index contributed by atoms with van der Waals surface area (Å²) >= 11 is 0. The number of nitrogens with zero attached hydrogens (tertiary/aromatic N) is 4. The maximum atomic E-state index is 13.7. The minimum Gasteiger partial charge on any atom is -0.497 e. The van der Waals surface area contributed by atoms with Crippen LogP contribution in [0.25, 0.3) is 33.5 Å². The summed E-state index contributed by atoms with van der Waals surface area (Å²) in [6, 6.07) is 15.5. The number of hydrogen-bond acceptors (Lipinski definition) is 5. The number of nitrogens with one attached hydrogen (secondary N) is 1. The lowest BCUT2D eigenvalue weighted by Gasteiger charge is -2.14. The average molecular weight is 450 g/mol. The Morgan fingerprint density at radius 3 is 2.70 bits per heavy atom. The molecule has 10 heteroatoms. The van der Waals surface area contributed by atoms with Gasteiger partial charge < -0.3 is 9.47 Å². The van der Waals surface area contributed by atoms with Gasteiger partial charge >= 0.3 is 0 Å². The van der Waals surface area contributed by atoms with Gasteiger partial charge in [0.2, 0.25) is 5.88 Å². The lowest BCUT2D eigenvalue weighted by Crippen LogP contribution is -2.23. The van der Waals surface area contributed by atoms with Crippen LogP contribution in [0.2, 0.25) is 0 Å². The first-order chi connectivity index (χ1) is 16.0. The van der Waals surface area contributed by atoms with Gasteiger partial charge in [-0.25, -0.2) is 13.2 Å². The van der Waals surface area contributed by atoms with Crippen molar-refractivity contribution in [3.8, 4) is 28.4 Å².